The van der Waals surface area contributed by atoms with Crippen molar-refractivity contribution in [2.75, 3.05) is 24.7 Å². The van der Waals surface area contributed by atoms with Crippen molar-refractivity contribution in [1.82, 2.24) is 14.7 Å². The molecule has 1 aliphatic carbocycles. The number of aryl methyl sites for hydroxylation is 1. The van der Waals surface area contributed by atoms with Gasteiger partial charge in [0.2, 0.25) is 0 Å². The molecule has 1 aromatic heterocycles. The van der Waals surface area contributed by atoms with Crippen LogP contribution in [0.5, 0.6) is 5.75 Å². The molecule has 1 fully saturated rings. The Balaban J connectivity index is 2.05. The van der Waals surface area contributed by atoms with Crippen LogP contribution in [0.15, 0.2) is 27.8 Å². The second-order valence-electron chi connectivity index (χ2n) is 7.21. The van der Waals surface area contributed by atoms with Crippen molar-refractivity contribution in [3.63, 3.8) is 0 Å². The fourth-order valence-corrected chi connectivity index (χ4v) is 3.37. The van der Waals surface area contributed by atoms with E-state index in [1.807, 2.05) is 0 Å². The maximum atomic E-state index is 12.7. The predicted molar refractivity (Wildman–Crippen MR) is 108 cm³/mol. The van der Waals surface area contributed by atoms with E-state index in [0.29, 0.717) is 0 Å². The molecule has 1 heterocycles. The minimum Gasteiger partial charge on any atom is -0.505 e. The van der Waals surface area contributed by atoms with Crippen LogP contribution >= 0.6 is 0 Å². The highest BCUT2D eigenvalue weighted by atomic mass is 16.3. The largest absolute Gasteiger partial charge is 0.505 e. The van der Waals surface area contributed by atoms with Gasteiger partial charge >= 0.3 is 0 Å². The zero-order valence-electron chi connectivity index (χ0n) is 16.2. The van der Waals surface area contributed by atoms with Gasteiger partial charge in [-0.05, 0) is 25.0 Å². The lowest BCUT2D eigenvalue weighted by molar-refractivity contribution is 0.0824. The molecule has 0 atom stereocenters. The van der Waals surface area contributed by atoms with Gasteiger partial charge in [0, 0.05) is 27.2 Å². The second kappa shape index (κ2) is 7.79. The van der Waals surface area contributed by atoms with Gasteiger partial charge in [-0.25, -0.2) is 0 Å². The average Bonchev–Trinajstić information content (AvgIpc) is 3.16. The second-order valence-corrected chi connectivity index (χ2v) is 7.21. The number of anilines is 3. The van der Waals surface area contributed by atoms with Gasteiger partial charge in [-0.1, -0.05) is 18.9 Å². The smallest absolute Gasteiger partial charge is 0.290 e. The van der Waals surface area contributed by atoms with E-state index in [1.165, 1.54) is 18.0 Å². The number of carbonyl (C=O) groups is 1. The number of aromatic amines is 1. The van der Waals surface area contributed by atoms with Gasteiger partial charge in [-0.15, -0.1) is 0 Å². The Hall–Kier alpha value is -3.23. The van der Waals surface area contributed by atoms with Crippen LogP contribution in [0, 0.1) is 0 Å². The summed E-state index contributed by atoms with van der Waals surface area (Å²) in [5.74, 6) is -0.653. The molecule has 9 heteroatoms. The topological polar surface area (TPSA) is 119 Å². The highest BCUT2D eigenvalue weighted by Crippen LogP contribution is 2.32. The highest BCUT2D eigenvalue weighted by molar-refractivity contribution is 5.98. The van der Waals surface area contributed by atoms with Gasteiger partial charge in [0.05, 0.1) is 11.3 Å². The molecule has 3 rings (SSSR count). The molecular formula is C19H25N5O4. The molecule has 9 nitrogen and oxygen atoms in total. The van der Waals surface area contributed by atoms with Crippen molar-refractivity contribution >= 4 is 23.0 Å². The highest BCUT2D eigenvalue weighted by Gasteiger charge is 2.22. The standard InChI is InChI=1S/C19H25N5O4/c1-23(2)18(27)12-9-6-10-13(16(12)25)21-15-14(20-11-7-4-5-8-11)17(26)22-24(3)19(15)28/h6,9-11,20-21,25H,4-5,7-8H2,1-3H3,(H,22,26). The van der Waals surface area contributed by atoms with E-state index in [4.69, 9.17) is 0 Å². The summed E-state index contributed by atoms with van der Waals surface area (Å²) in [5.41, 5.74) is -0.450. The van der Waals surface area contributed by atoms with E-state index < -0.39 is 11.1 Å². The van der Waals surface area contributed by atoms with Crippen molar-refractivity contribution in [2.45, 2.75) is 31.7 Å². The molecule has 1 aliphatic rings. The van der Waals surface area contributed by atoms with Crippen LogP contribution in [0.3, 0.4) is 0 Å². The number of phenolic OH excluding ortho intramolecular Hbond substituents is 1. The lowest BCUT2D eigenvalue weighted by Gasteiger charge is -2.19. The van der Waals surface area contributed by atoms with Crippen LogP contribution in [0.4, 0.5) is 17.1 Å². The monoisotopic (exact) mass is 387 g/mol. The van der Waals surface area contributed by atoms with Crippen LogP contribution < -0.4 is 21.8 Å². The number of benzene rings is 1. The van der Waals surface area contributed by atoms with Gasteiger partial charge in [-0.2, -0.15) is 0 Å². The Morgan fingerprint density at radius 2 is 1.89 bits per heavy atom. The Kier molecular flexibility index (Phi) is 5.43. The molecule has 0 spiro atoms. The number of para-hydroxylation sites is 1. The van der Waals surface area contributed by atoms with Gasteiger partial charge in [0.1, 0.15) is 11.4 Å². The van der Waals surface area contributed by atoms with Gasteiger partial charge in [-0.3, -0.25) is 24.2 Å². The first-order valence-electron chi connectivity index (χ1n) is 9.20. The molecule has 150 valence electrons. The first-order valence-corrected chi connectivity index (χ1v) is 9.20. The summed E-state index contributed by atoms with van der Waals surface area (Å²) in [4.78, 5) is 38.8. The fraction of sp³-hybridized carbons (Fsp3) is 0.421. The SMILES string of the molecule is CN(C)C(=O)c1cccc(Nc2c(NC3CCCC3)c(=O)[nH]n(C)c2=O)c1O. The summed E-state index contributed by atoms with van der Waals surface area (Å²) >= 11 is 0. The maximum Gasteiger partial charge on any atom is 0.290 e. The van der Waals surface area contributed by atoms with Crippen molar-refractivity contribution in [2.24, 2.45) is 7.05 Å². The van der Waals surface area contributed by atoms with Crippen molar-refractivity contribution in [3.8, 4) is 5.75 Å². The molecule has 0 bridgehead atoms. The lowest BCUT2D eigenvalue weighted by atomic mass is 10.1. The number of H-pyrrole nitrogens is 1. The summed E-state index contributed by atoms with van der Waals surface area (Å²) in [6, 6.07) is 4.75. The molecule has 0 unspecified atom stereocenters. The number of amides is 1. The molecule has 0 aliphatic heterocycles. The Labute approximate surface area is 162 Å². The Bertz CT molecular complexity index is 1000. The van der Waals surface area contributed by atoms with E-state index >= 15 is 0 Å². The van der Waals surface area contributed by atoms with Crippen LogP contribution in [-0.4, -0.2) is 45.8 Å². The number of rotatable bonds is 5. The lowest BCUT2D eigenvalue weighted by Crippen LogP contribution is -2.33. The number of nitrogens with zero attached hydrogens (tertiary/aromatic N) is 2. The van der Waals surface area contributed by atoms with Gasteiger partial charge in [0.15, 0.2) is 5.75 Å². The van der Waals surface area contributed by atoms with Crippen LogP contribution in [0.25, 0.3) is 0 Å². The van der Waals surface area contributed by atoms with Gasteiger partial charge in [0.25, 0.3) is 17.0 Å². The number of nitrogens with one attached hydrogen (secondary N) is 3. The van der Waals surface area contributed by atoms with E-state index in [9.17, 15) is 19.5 Å². The third-order valence-corrected chi connectivity index (χ3v) is 4.90. The third-order valence-electron chi connectivity index (χ3n) is 4.90. The Morgan fingerprint density at radius 3 is 2.54 bits per heavy atom. The number of aromatic nitrogens is 2. The first-order chi connectivity index (χ1) is 13.3. The summed E-state index contributed by atoms with van der Waals surface area (Å²) in [6.07, 6.45) is 3.98. The van der Waals surface area contributed by atoms with Crippen molar-refractivity contribution in [3.05, 3.63) is 44.5 Å². The number of hydrogen-bond donors (Lipinski definition) is 4. The molecular weight excluding hydrogens is 362 g/mol. The van der Waals surface area contributed by atoms with Gasteiger partial charge < -0.3 is 20.6 Å². The maximum absolute atomic E-state index is 12.7. The minimum atomic E-state index is -0.455. The molecule has 1 amide bonds. The van der Waals surface area contributed by atoms with E-state index in [1.54, 1.807) is 26.2 Å². The van der Waals surface area contributed by atoms with E-state index in [-0.39, 0.29) is 40.3 Å². The molecule has 4 N–H and O–H groups in total. The zero-order valence-corrected chi connectivity index (χ0v) is 16.2. The molecule has 1 aromatic carbocycles. The van der Waals surface area contributed by atoms with E-state index in [2.05, 4.69) is 15.7 Å². The van der Waals surface area contributed by atoms with Crippen LogP contribution in [-0.2, 0) is 7.05 Å². The molecule has 0 saturated heterocycles. The Morgan fingerprint density at radius 1 is 1.21 bits per heavy atom. The number of aromatic hydroxyl groups is 1. The quantitative estimate of drug-likeness (QED) is 0.578. The number of hydrogen-bond acceptors (Lipinski definition) is 6. The number of phenols is 1. The predicted octanol–water partition coefficient (Wildman–Crippen LogP) is 1.58. The first kappa shape index (κ1) is 19.5. The van der Waals surface area contributed by atoms with Crippen LogP contribution in [0.2, 0.25) is 0 Å². The molecule has 28 heavy (non-hydrogen) atoms. The molecule has 0 radical (unpaired) electrons. The number of carbonyl (C=O) groups excluding carboxylic acids is 1. The summed E-state index contributed by atoms with van der Waals surface area (Å²) in [6.45, 7) is 0. The van der Waals surface area contributed by atoms with Crippen LogP contribution in [0.1, 0.15) is 36.0 Å². The summed E-state index contributed by atoms with van der Waals surface area (Å²) in [7, 11) is 4.61. The fourth-order valence-electron chi connectivity index (χ4n) is 3.37. The zero-order chi connectivity index (χ0) is 20.4. The third kappa shape index (κ3) is 3.73. The minimum absolute atomic E-state index is 0.0305. The summed E-state index contributed by atoms with van der Waals surface area (Å²) < 4.78 is 1.08. The van der Waals surface area contributed by atoms with Crippen molar-refractivity contribution in [1.29, 1.82) is 0 Å². The molecule has 2 aromatic rings. The van der Waals surface area contributed by atoms with E-state index in [0.717, 1.165) is 30.4 Å². The average molecular weight is 387 g/mol. The normalized spacial score (nSPS) is 14.1. The summed E-state index contributed by atoms with van der Waals surface area (Å²) in [5, 5.41) is 19.1. The molecule has 1 saturated carbocycles. The van der Waals surface area contributed by atoms with Crippen molar-refractivity contribution < 1.29 is 9.90 Å².